The molecule has 0 saturated carbocycles. The summed E-state index contributed by atoms with van der Waals surface area (Å²) in [5.41, 5.74) is 3.67. The van der Waals surface area contributed by atoms with Crippen LogP contribution in [0.2, 0.25) is 5.02 Å². The molecule has 0 aliphatic carbocycles. The molecule has 7 heteroatoms. The Morgan fingerprint density at radius 3 is 2.38 bits per heavy atom. The van der Waals surface area contributed by atoms with Crippen LogP contribution in [0.1, 0.15) is 40.8 Å². The Kier molecular flexibility index (Phi) is 6.02. The van der Waals surface area contributed by atoms with E-state index < -0.39 is 0 Å². The summed E-state index contributed by atoms with van der Waals surface area (Å²) in [5.74, 6) is -0.270. The SMILES string of the molecule is CC(C)N(CC(=O)N1c2ccccc2-n2cccc2C1c1ccc(Cl)cc1)C(=O)c1cccs1. The Balaban J connectivity index is 1.59. The maximum atomic E-state index is 14.0. The lowest BCUT2D eigenvalue weighted by Crippen LogP contribution is -2.48. The quantitative estimate of drug-likeness (QED) is 0.336. The predicted molar refractivity (Wildman–Crippen MR) is 137 cm³/mol. The smallest absolute Gasteiger partial charge is 0.264 e. The van der Waals surface area contributed by atoms with Crippen molar-refractivity contribution in [3.8, 4) is 5.69 Å². The fraction of sp³-hybridized carbons (Fsp3) is 0.185. The zero-order valence-electron chi connectivity index (χ0n) is 18.9. The highest BCUT2D eigenvalue weighted by Gasteiger charge is 2.37. The van der Waals surface area contributed by atoms with Crippen molar-refractivity contribution >= 4 is 40.4 Å². The number of benzene rings is 2. The lowest BCUT2D eigenvalue weighted by atomic mass is 9.97. The van der Waals surface area contributed by atoms with E-state index in [0.717, 1.165) is 22.6 Å². The molecule has 0 N–H and O–H groups in total. The third-order valence-electron chi connectivity index (χ3n) is 6.10. The lowest BCUT2D eigenvalue weighted by Gasteiger charge is -2.40. The van der Waals surface area contributed by atoms with Crippen LogP contribution in [-0.4, -0.2) is 33.9 Å². The standard InChI is InChI=1S/C27H24ClN3O2S/c1-18(2)30(27(33)24-10-6-16-34-24)17-25(32)31-22-8-4-3-7-21(22)29-15-5-9-23(29)26(31)19-11-13-20(28)14-12-19/h3-16,18,26H,17H2,1-2H3. The second kappa shape index (κ2) is 9.12. The van der Waals surface area contributed by atoms with Crippen molar-refractivity contribution in [2.45, 2.75) is 25.9 Å². The molecule has 1 aliphatic rings. The van der Waals surface area contributed by atoms with Gasteiger partial charge in [-0.15, -0.1) is 11.3 Å². The number of aromatic nitrogens is 1. The maximum Gasteiger partial charge on any atom is 0.264 e. The Morgan fingerprint density at radius 1 is 0.971 bits per heavy atom. The first-order valence-corrected chi connectivity index (χ1v) is 12.4. The number of hydrogen-bond acceptors (Lipinski definition) is 3. The van der Waals surface area contributed by atoms with Crippen molar-refractivity contribution in [2.75, 3.05) is 11.4 Å². The molecule has 0 bridgehead atoms. The van der Waals surface area contributed by atoms with Crippen LogP contribution in [-0.2, 0) is 4.79 Å². The summed E-state index contributed by atoms with van der Waals surface area (Å²) in [5, 5.41) is 2.51. The first-order chi connectivity index (χ1) is 16.5. The number of thiophene rings is 1. The number of para-hydroxylation sites is 2. The first-order valence-electron chi connectivity index (χ1n) is 11.1. The summed E-state index contributed by atoms with van der Waals surface area (Å²) in [6.07, 6.45) is 2.01. The van der Waals surface area contributed by atoms with Crippen LogP contribution in [0.4, 0.5) is 5.69 Å². The summed E-state index contributed by atoms with van der Waals surface area (Å²) in [6, 6.07) is 22.7. The van der Waals surface area contributed by atoms with Crippen molar-refractivity contribution in [2.24, 2.45) is 0 Å². The second-order valence-electron chi connectivity index (χ2n) is 8.51. The summed E-state index contributed by atoms with van der Waals surface area (Å²) < 4.78 is 2.12. The number of hydrogen-bond donors (Lipinski definition) is 0. The van der Waals surface area contributed by atoms with Crippen molar-refractivity contribution < 1.29 is 9.59 Å². The number of fused-ring (bicyclic) bond motifs is 3. The van der Waals surface area contributed by atoms with E-state index in [1.807, 2.05) is 97.1 Å². The average Bonchev–Trinajstić information content (AvgIpc) is 3.54. The van der Waals surface area contributed by atoms with Gasteiger partial charge in [0.15, 0.2) is 0 Å². The Bertz CT molecular complexity index is 1330. The Labute approximate surface area is 207 Å². The molecule has 1 aliphatic heterocycles. The number of anilines is 1. The van der Waals surface area contributed by atoms with Gasteiger partial charge in [-0.2, -0.15) is 0 Å². The van der Waals surface area contributed by atoms with Crippen LogP contribution >= 0.6 is 22.9 Å². The molecule has 172 valence electrons. The molecule has 5 rings (SSSR count). The molecule has 3 heterocycles. The van der Waals surface area contributed by atoms with E-state index in [4.69, 9.17) is 11.6 Å². The number of carbonyl (C=O) groups is 2. The minimum atomic E-state index is -0.347. The lowest BCUT2D eigenvalue weighted by molar-refractivity contribution is -0.120. The van der Waals surface area contributed by atoms with Crippen LogP contribution in [0.3, 0.4) is 0 Å². The zero-order valence-corrected chi connectivity index (χ0v) is 20.5. The molecule has 4 aromatic rings. The number of rotatable bonds is 5. The minimum absolute atomic E-state index is 0.0203. The molecule has 2 aromatic carbocycles. The van der Waals surface area contributed by atoms with Gasteiger partial charge in [0.2, 0.25) is 5.91 Å². The monoisotopic (exact) mass is 489 g/mol. The Hall–Kier alpha value is -3.35. The van der Waals surface area contributed by atoms with Gasteiger partial charge in [0.1, 0.15) is 12.6 Å². The number of amides is 2. The summed E-state index contributed by atoms with van der Waals surface area (Å²) >= 11 is 7.55. The van der Waals surface area contributed by atoms with Gasteiger partial charge in [0.25, 0.3) is 5.91 Å². The molecule has 2 amide bonds. The van der Waals surface area contributed by atoms with Crippen molar-refractivity contribution in [1.29, 1.82) is 0 Å². The van der Waals surface area contributed by atoms with E-state index in [1.165, 1.54) is 11.3 Å². The number of halogens is 1. The zero-order chi connectivity index (χ0) is 23.8. The highest BCUT2D eigenvalue weighted by molar-refractivity contribution is 7.12. The average molecular weight is 490 g/mol. The van der Waals surface area contributed by atoms with Crippen LogP contribution in [0, 0.1) is 0 Å². The molecule has 1 atom stereocenters. The number of carbonyl (C=O) groups excluding carboxylic acids is 2. The molecule has 0 spiro atoms. The summed E-state index contributed by atoms with van der Waals surface area (Å²) in [4.78, 5) is 31.3. The van der Waals surface area contributed by atoms with Gasteiger partial charge in [0, 0.05) is 17.3 Å². The van der Waals surface area contributed by atoms with E-state index in [9.17, 15) is 9.59 Å². The third-order valence-corrected chi connectivity index (χ3v) is 7.21. The highest BCUT2D eigenvalue weighted by atomic mass is 35.5. The van der Waals surface area contributed by atoms with Crippen molar-refractivity contribution in [3.05, 3.63) is 106 Å². The van der Waals surface area contributed by atoms with E-state index in [2.05, 4.69) is 4.57 Å². The van der Waals surface area contributed by atoms with Crippen molar-refractivity contribution in [1.82, 2.24) is 9.47 Å². The van der Waals surface area contributed by atoms with Gasteiger partial charge < -0.3 is 9.47 Å². The van der Waals surface area contributed by atoms with E-state index in [0.29, 0.717) is 9.90 Å². The molecular formula is C27H24ClN3O2S. The number of nitrogens with zero attached hydrogens (tertiary/aromatic N) is 3. The molecule has 0 radical (unpaired) electrons. The molecule has 2 aromatic heterocycles. The van der Waals surface area contributed by atoms with Gasteiger partial charge in [-0.25, -0.2) is 0 Å². The van der Waals surface area contributed by atoms with E-state index >= 15 is 0 Å². The van der Waals surface area contributed by atoms with Crippen LogP contribution in [0.5, 0.6) is 0 Å². The van der Waals surface area contributed by atoms with Crippen LogP contribution in [0.15, 0.2) is 84.4 Å². The van der Waals surface area contributed by atoms with Gasteiger partial charge in [-0.1, -0.05) is 41.9 Å². The van der Waals surface area contributed by atoms with Gasteiger partial charge in [0.05, 0.1) is 21.9 Å². The third kappa shape index (κ3) is 3.93. The van der Waals surface area contributed by atoms with Crippen LogP contribution in [0.25, 0.3) is 5.69 Å². The predicted octanol–water partition coefficient (Wildman–Crippen LogP) is 6.18. The molecule has 0 fully saturated rings. The minimum Gasteiger partial charge on any atom is -0.326 e. The topological polar surface area (TPSA) is 45.6 Å². The molecule has 34 heavy (non-hydrogen) atoms. The highest BCUT2D eigenvalue weighted by Crippen LogP contribution is 2.42. The van der Waals surface area contributed by atoms with Gasteiger partial charge >= 0.3 is 0 Å². The van der Waals surface area contributed by atoms with E-state index in [-0.39, 0.29) is 30.4 Å². The largest absolute Gasteiger partial charge is 0.326 e. The second-order valence-corrected chi connectivity index (χ2v) is 9.90. The molecule has 5 nitrogen and oxygen atoms in total. The molecule has 1 unspecified atom stereocenters. The first kappa shape index (κ1) is 22.4. The normalized spacial score (nSPS) is 14.6. The van der Waals surface area contributed by atoms with Crippen molar-refractivity contribution in [3.63, 3.8) is 0 Å². The van der Waals surface area contributed by atoms with E-state index in [1.54, 1.807) is 11.0 Å². The maximum absolute atomic E-state index is 14.0. The van der Waals surface area contributed by atoms with Gasteiger partial charge in [-0.3, -0.25) is 14.5 Å². The fourth-order valence-electron chi connectivity index (χ4n) is 4.48. The van der Waals surface area contributed by atoms with Crippen LogP contribution < -0.4 is 4.90 Å². The summed E-state index contributed by atoms with van der Waals surface area (Å²) in [7, 11) is 0. The molecule has 0 saturated heterocycles. The fourth-order valence-corrected chi connectivity index (χ4v) is 5.28. The summed E-state index contributed by atoms with van der Waals surface area (Å²) in [6.45, 7) is 3.85. The van der Waals surface area contributed by atoms with Gasteiger partial charge in [-0.05, 0) is 67.3 Å². The molecular weight excluding hydrogens is 466 g/mol. The Morgan fingerprint density at radius 2 is 1.71 bits per heavy atom.